The maximum atomic E-state index is 12.8. The highest BCUT2D eigenvalue weighted by atomic mass is 16.5. The van der Waals surface area contributed by atoms with Crippen molar-refractivity contribution in [1.82, 2.24) is 9.80 Å². The number of nitrogens with zero attached hydrogens (tertiary/aromatic N) is 2. The van der Waals surface area contributed by atoms with Crippen LogP contribution in [0.5, 0.6) is 5.75 Å². The molecule has 0 radical (unpaired) electrons. The van der Waals surface area contributed by atoms with Crippen LogP contribution in [0.3, 0.4) is 0 Å². The minimum Gasteiger partial charge on any atom is -0.490 e. The van der Waals surface area contributed by atoms with Gasteiger partial charge in [0.1, 0.15) is 6.26 Å². The highest BCUT2D eigenvalue weighted by molar-refractivity contribution is 5.91. The van der Waals surface area contributed by atoms with Gasteiger partial charge in [0.05, 0.1) is 7.11 Å². The molecule has 2 fully saturated rings. The van der Waals surface area contributed by atoms with Gasteiger partial charge in [-0.3, -0.25) is 14.5 Å². The normalized spacial score (nSPS) is 22.1. The molecule has 1 saturated heterocycles. The third kappa shape index (κ3) is 4.24. The molecule has 1 amide bonds. The Labute approximate surface area is 148 Å². The predicted octanol–water partition coefficient (Wildman–Crippen LogP) is 2.23. The van der Waals surface area contributed by atoms with Crippen molar-refractivity contribution >= 4 is 5.91 Å². The third-order valence-electron chi connectivity index (χ3n) is 5.22. The summed E-state index contributed by atoms with van der Waals surface area (Å²) in [5, 5.41) is 0. The van der Waals surface area contributed by atoms with Gasteiger partial charge in [-0.2, -0.15) is 0 Å². The fraction of sp³-hybridized carbons (Fsp3) is 0.684. The molecule has 1 atom stereocenters. The van der Waals surface area contributed by atoms with Crippen LogP contribution in [-0.4, -0.2) is 55.0 Å². The molecule has 1 aromatic rings. The largest absolute Gasteiger partial charge is 0.490 e. The van der Waals surface area contributed by atoms with E-state index in [9.17, 15) is 9.59 Å². The van der Waals surface area contributed by atoms with E-state index in [4.69, 9.17) is 9.15 Å². The second-order valence-electron chi connectivity index (χ2n) is 7.53. The van der Waals surface area contributed by atoms with E-state index in [1.807, 2.05) is 4.90 Å². The summed E-state index contributed by atoms with van der Waals surface area (Å²) >= 11 is 0. The number of hydrogen-bond donors (Lipinski definition) is 0. The molecule has 2 aliphatic rings. The lowest BCUT2D eigenvalue weighted by Gasteiger charge is -2.34. The van der Waals surface area contributed by atoms with Gasteiger partial charge in [-0.1, -0.05) is 13.8 Å². The van der Waals surface area contributed by atoms with Crippen molar-refractivity contribution in [2.24, 2.45) is 11.8 Å². The van der Waals surface area contributed by atoms with Crippen LogP contribution in [0.2, 0.25) is 0 Å². The van der Waals surface area contributed by atoms with Crippen molar-refractivity contribution < 1.29 is 13.9 Å². The molecule has 6 nitrogen and oxygen atoms in total. The number of rotatable bonds is 5. The SMILES string of the molecule is COc1coc(C(=O)N2CCCN(CC3CC3)[C@H](C(C)C)C2)cc1=O. The molecule has 0 unspecified atom stereocenters. The summed E-state index contributed by atoms with van der Waals surface area (Å²) in [6, 6.07) is 1.58. The van der Waals surface area contributed by atoms with Crippen molar-refractivity contribution in [2.45, 2.75) is 39.2 Å². The monoisotopic (exact) mass is 348 g/mol. The van der Waals surface area contributed by atoms with Gasteiger partial charge < -0.3 is 14.1 Å². The van der Waals surface area contributed by atoms with Gasteiger partial charge in [0, 0.05) is 38.3 Å². The summed E-state index contributed by atoms with van der Waals surface area (Å²) < 4.78 is 10.3. The first-order valence-corrected chi connectivity index (χ1v) is 9.19. The van der Waals surface area contributed by atoms with Crippen LogP contribution in [-0.2, 0) is 0 Å². The molecule has 1 aliphatic heterocycles. The van der Waals surface area contributed by atoms with Gasteiger partial charge in [-0.25, -0.2) is 0 Å². The van der Waals surface area contributed by atoms with Crippen LogP contribution >= 0.6 is 0 Å². The second-order valence-corrected chi connectivity index (χ2v) is 7.53. The Morgan fingerprint density at radius 1 is 1.36 bits per heavy atom. The fourth-order valence-corrected chi connectivity index (χ4v) is 3.55. The highest BCUT2D eigenvalue weighted by Crippen LogP contribution is 2.32. The van der Waals surface area contributed by atoms with Crippen molar-refractivity contribution in [1.29, 1.82) is 0 Å². The van der Waals surface area contributed by atoms with Gasteiger partial charge in [0.15, 0.2) is 5.76 Å². The van der Waals surface area contributed by atoms with Crippen LogP contribution in [0.1, 0.15) is 43.7 Å². The maximum absolute atomic E-state index is 12.8. The summed E-state index contributed by atoms with van der Waals surface area (Å²) in [7, 11) is 1.41. The Balaban J connectivity index is 1.75. The molecular weight excluding hydrogens is 320 g/mol. The summed E-state index contributed by atoms with van der Waals surface area (Å²) in [6.45, 7) is 7.97. The molecule has 3 rings (SSSR count). The van der Waals surface area contributed by atoms with Crippen molar-refractivity contribution in [3.8, 4) is 5.75 Å². The van der Waals surface area contributed by atoms with Crippen molar-refractivity contribution in [2.75, 3.05) is 33.3 Å². The zero-order valence-electron chi connectivity index (χ0n) is 15.4. The van der Waals surface area contributed by atoms with E-state index in [2.05, 4.69) is 18.7 Å². The number of carbonyl (C=O) groups is 1. The van der Waals surface area contributed by atoms with E-state index < -0.39 is 0 Å². The summed E-state index contributed by atoms with van der Waals surface area (Å²) in [5.41, 5.74) is -0.331. The van der Waals surface area contributed by atoms with Crippen molar-refractivity contribution in [3.05, 3.63) is 28.3 Å². The van der Waals surface area contributed by atoms with E-state index in [0.717, 1.165) is 25.4 Å². The zero-order chi connectivity index (χ0) is 18.0. The first-order valence-electron chi connectivity index (χ1n) is 9.19. The molecule has 1 aromatic heterocycles. The summed E-state index contributed by atoms with van der Waals surface area (Å²) in [5.74, 6) is 1.30. The average Bonchev–Trinajstić information content (AvgIpc) is 3.41. The van der Waals surface area contributed by atoms with Gasteiger partial charge in [-0.05, 0) is 31.1 Å². The lowest BCUT2D eigenvalue weighted by molar-refractivity contribution is 0.0670. The van der Waals surface area contributed by atoms with E-state index in [1.54, 1.807) is 0 Å². The Bertz CT molecular complexity index is 666. The van der Waals surface area contributed by atoms with Crippen LogP contribution in [0.25, 0.3) is 0 Å². The molecule has 1 aliphatic carbocycles. The number of ether oxygens (including phenoxy) is 1. The molecular formula is C19H28N2O4. The van der Waals surface area contributed by atoms with E-state index in [0.29, 0.717) is 25.0 Å². The molecule has 0 bridgehead atoms. The van der Waals surface area contributed by atoms with Gasteiger partial charge >= 0.3 is 0 Å². The Kier molecular flexibility index (Phi) is 5.47. The quantitative estimate of drug-likeness (QED) is 0.816. The number of carbonyl (C=O) groups excluding carboxylic acids is 1. The average molecular weight is 348 g/mol. The number of amides is 1. The van der Waals surface area contributed by atoms with Crippen LogP contribution in [0.15, 0.2) is 21.5 Å². The van der Waals surface area contributed by atoms with Gasteiger partial charge in [0.2, 0.25) is 11.2 Å². The second kappa shape index (κ2) is 7.60. The molecule has 0 spiro atoms. The maximum Gasteiger partial charge on any atom is 0.289 e. The summed E-state index contributed by atoms with van der Waals surface area (Å²) in [6.07, 6.45) is 4.83. The molecule has 0 N–H and O–H groups in total. The molecule has 2 heterocycles. The lowest BCUT2D eigenvalue weighted by Crippen LogP contribution is -2.46. The smallest absolute Gasteiger partial charge is 0.289 e. The molecule has 6 heteroatoms. The predicted molar refractivity (Wildman–Crippen MR) is 95.0 cm³/mol. The Hall–Kier alpha value is -1.82. The fourth-order valence-electron chi connectivity index (χ4n) is 3.55. The topological polar surface area (TPSA) is 63.0 Å². The van der Waals surface area contributed by atoms with E-state index in [-0.39, 0.29) is 22.8 Å². The van der Waals surface area contributed by atoms with Gasteiger partial charge in [0.25, 0.3) is 5.91 Å². The minimum absolute atomic E-state index is 0.0870. The van der Waals surface area contributed by atoms with Crippen molar-refractivity contribution in [3.63, 3.8) is 0 Å². The highest BCUT2D eigenvalue weighted by Gasteiger charge is 2.34. The standard InChI is InChI=1S/C19H28N2O4/c1-13(2)15-11-21(8-4-7-20(15)10-14-5-6-14)19(23)17-9-16(22)18(24-3)12-25-17/h9,12-15H,4-8,10-11H2,1-3H3/t15-/m0/s1. The Morgan fingerprint density at radius 3 is 2.72 bits per heavy atom. The van der Waals surface area contributed by atoms with Crippen LogP contribution < -0.4 is 10.2 Å². The number of hydrogen-bond acceptors (Lipinski definition) is 5. The third-order valence-corrected chi connectivity index (χ3v) is 5.22. The molecule has 25 heavy (non-hydrogen) atoms. The molecule has 1 saturated carbocycles. The first-order chi connectivity index (χ1) is 12.0. The lowest BCUT2D eigenvalue weighted by atomic mass is 10.0. The van der Waals surface area contributed by atoms with E-state index in [1.165, 1.54) is 32.3 Å². The molecule has 0 aromatic carbocycles. The van der Waals surface area contributed by atoms with Gasteiger partial charge in [-0.15, -0.1) is 0 Å². The van der Waals surface area contributed by atoms with Crippen LogP contribution in [0.4, 0.5) is 0 Å². The molecule has 138 valence electrons. The van der Waals surface area contributed by atoms with Crippen LogP contribution in [0, 0.1) is 11.8 Å². The zero-order valence-corrected chi connectivity index (χ0v) is 15.4. The summed E-state index contributed by atoms with van der Waals surface area (Å²) in [4.78, 5) is 29.2. The van der Waals surface area contributed by atoms with E-state index >= 15 is 0 Å². The minimum atomic E-state index is -0.331. The number of methoxy groups -OCH3 is 1. The Morgan fingerprint density at radius 2 is 2.12 bits per heavy atom. The first kappa shape index (κ1) is 18.0.